The Bertz CT molecular complexity index is 379. The van der Waals surface area contributed by atoms with E-state index in [-0.39, 0.29) is 11.5 Å². The molecule has 1 fully saturated rings. The summed E-state index contributed by atoms with van der Waals surface area (Å²) < 4.78 is 6.18. The van der Waals surface area contributed by atoms with Gasteiger partial charge in [0, 0.05) is 24.9 Å². The Morgan fingerprint density at radius 2 is 2.19 bits per heavy atom. The van der Waals surface area contributed by atoms with Gasteiger partial charge in [-0.2, -0.15) is 4.98 Å². The fourth-order valence-electron chi connectivity index (χ4n) is 1.70. The minimum atomic E-state index is 0.0154. The Labute approximate surface area is 103 Å². The van der Waals surface area contributed by atoms with Crippen LogP contribution in [0.15, 0.2) is 10.7 Å². The molecule has 0 spiro atoms. The molecule has 1 saturated heterocycles. The van der Waals surface area contributed by atoms with Crippen molar-refractivity contribution in [3.8, 4) is 0 Å². The third-order valence-electron chi connectivity index (χ3n) is 2.78. The molecule has 1 aliphatic heterocycles. The molecule has 3 N–H and O–H groups in total. The van der Waals surface area contributed by atoms with Crippen molar-refractivity contribution in [1.29, 1.82) is 0 Å². The smallest absolute Gasteiger partial charge is 0.221 e. The fraction of sp³-hybridized carbons (Fsp3) is 0.600. The van der Waals surface area contributed by atoms with Crippen LogP contribution < -0.4 is 11.1 Å². The van der Waals surface area contributed by atoms with Crippen molar-refractivity contribution in [3.05, 3.63) is 10.7 Å². The van der Waals surface area contributed by atoms with Crippen LogP contribution in [0.25, 0.3) is 0 Å². The molecule has 2 rings (SSSR count). The first-order valence-corrected chi connectivity index (χ1v) is 6.02. The monoisotopic (exact) mass is 286 g/mol. The highest BCUT2D eigenvalue weighted by Gasteiger charge is 2.28. The number of anilines is 2. The zero-order chi connectivity index (χ0) is 11.6. The van der Waals surface area contributed by atoms with Crippen LogP contribution in [0.5, 0.6) is 0 Å². The summed E-state index contributed by atoms with van der Waals surface area (Å²) in [6.07, 6.45) is 3.58. The first-order valence-electron chi connectivity index (χ1n) is 5.23. The van der Waals surface area contributed by atoms with E-state index in [2.05, 4.69) is 38.1 Å². The van der Waals surface area contributed by atoms with Crippen molar-refractivity contribution >= 4 is 27.7 Å². The number of aromatic nitrogens is 2. The topological polar surface area (TPSA) is 73.1 Å². The molecular weight excluding hydrogens is 272 g/mol. The van der Waals surface area contributed by atoms with E-state index in [1.165, 1.54) is 0 Å². The molecule has 0 aliphatic carbocycles. The molecule has 0 bridgehead atoms. The SMILES string of the molecule is CC1(Nc2nc(N)ncc2Br)CCOCC1. The summed E-state index contributed by atoms with van der Waals surface area (Å²) >= 11 is 3.41. The van der Waals surface area contributed by atoms with Gasteiger partial charge in [-0.1, -0.05) is 0 Å². The van der Waals surface area contributed by atoms with Crippen LogP contribution in [0.3, 0.4) is 0 Å². The lowest BCUT2D eigenvalue weighted by atomic mass is 9.92. The average Bonchev–Trinajstić information content (AvgIpc) is 2.24. The van der Waals surface area contributed by atoms with E-state index in [0.717, 1.165) is 36.3 Å². The van der Waals surface area contributed by atoms with Crippen LogP contribution in [-0.4, -0.2) is 28.7 Å². The number of nitrogens with two attached hydrogens (primary N) is 1. The summed E-state index contributed by atoms with van der Waals surface area (Å²) in [5.74, 6) is 1.03. The average molecular weight is 287 g/mol. The summed E-state index contributed by atoms with van der Waals surface area (Å²) in [5.41, 5.74) is 5.58. The minimum absolute atomic E-state index is 0.0154. The van der Waals surface area contributed by atoms with Gasteiger partial charge >= 0.3 is 0 Å². The van der Waals surface area contributed by atoms with Gasteiger partial charge < -0.3 is 15.8 Å². The molecule has 88 valence electrons. The Morgan fingerprint density at radius 1 is 1.50 bits per heavy atom. The lowest BCUT2D eigenvalue weighted by Gasteiger charge is -2.35. The van der Waals surface area contributed by atoms with Gasteiger partial charge in [0.15, 0.2) is 0 Å². The highest BCUT2D eigenvalue weighted by molar-refractivity contribution is 9.10. The molecule has 16 heavy (non-hydrogen) atoms. The molecule has 2 heterocycles. The lowest BCUT2D eigenvalue weighted by Crippen LogP contribution is -2.41. The highest BCUT2D eigenvalue weighted by atomic mass is 79.9. The molecule has 1 aromatic heterocycles. The summed E-state index contributed by atoms with van der Waals surface area (Å²) in [7, 11) is 0. The zero-order valence-corrected chi connectivity index (χ0v) is 10.7. The van der Waals surface area contributed by atoms with Crippen molar-refractivity contribution in [1.82, 2.24) is 9.97 Å². The van der Waals surface area contributed by atoms with E-state index in [1.807, 2.05) is 0 Å². The number of halogens is 1. The van der Waals surface area contributed by atoms with Crippen LogP contribution in [-0.2, 0) is 4.74 Å². The van der Waals surface area contributed by atoms with Crippen LogP contribution in [0.4, 0.5) is 11.8 Å². The molecule has 0 aromatic carbocycles. The number of nitrogen functional groups attached to an aromatic ring is 1. The maximum Gasteiger partial charge on any atom is 0.221 e. The Morgan fingerprint density at radius 3 is 2.88 bits per heavy atom. The Hall–Kier alpha value is -0.880. The maximum absolute atomic E-state index is 5.57. The second-order valence-corrected chi connectivity index (χ2v) is 5.08. The lowest BCUT2D eigenvalue weighted by molar-refractivity contribution is 0.0657. The van der Waals surface area contributed by atoms with Gasteiger partial charge in [0.2, 0.25) is 5.95 Å². The molecule has 0 amide bonds. The summed E-state index contributed by atoms with van der Waals surface area (Å²) in [6, 6.07) is 0. The molecule has 5 nitrogen and oxygen atoms in total. The molecule has 1 aromatic rings. The predicted octanol–water partition coefficient (Wildman–Crippen LogP) is 1.80. The van der Waals surface area contributed by atoms with Crippen molar-refractivity contribution in [2.24, 2.45) is 0 Å². The highest BCUT2D eigenvalue weighted by Crippen LogP contribution is 2.28. The Kier molecular flexibility index (Phi) is 3.30. The maximum atomic E-state index is 5.57. The standard InChI is InChI=1S/C10H15BrN4O/c1-10(2-4-16-5-3-10)15-8-7(11)6-13-9(12)14-8/h6H,2-5H2,1H3,(H3,12,13,14,15). The van der Waals surface area contributed by atoms with E-state index in [4.69, 9.17) is 10.5 Å². The van der Waals surface area contributed by atoms with E-state index in [1.54, 1.807) is 6.20 Å². The summed E-state index contributed by atoms with van der Waals surface area (Å²) in [4.78, 5) is 8.09. The number of rotatable bonds is 2. The van der Waals surface area contributed by atoms with Crippen LogP contribution >= 0.6 is 15.9 Å². The molecule has 0 unspecified atom stereocenters. The zero-order valence-electron chi connectivity index (χ0n) is 9.16. The van der Waals surface area contributed by atoms with Gasteiger partial charge in [-0.25, -0.2) is 4.98 Å². The third kappa shape index (κ3) is 2.62. The first-order chi connectivity index (χ1) is 7.59. The van der Waals surface area contributed by atoms with Gasteiger partial charge in [0.1, 0.15) is 5.82 Å². The number of nitrogens with one attached hydrogen (secondary N) is 1. The number of hydrogen-bond donors (Lipinski definition) is 2. The van der Waals surface area contributed by atoms with Crippen molar-refractivity contribution in [2.75, 3.05) is 24.3 Å². The molecule has 1 aliphatic rings. The number of nitrogens with zero attached hydrogens (tertiary/aromatic N) is 2. The fourth-order valence-corrected chi connectivity index (χ4v) is 1.99. The van der Waals surface area contributed by atoms with Gasteiger partial charge in [-0.3, -0.25) is 0 Å². The van der Waals surface area contributed by atoms with Gasteiger partial charge in [0.05, 0.1) is 4.47 Å². The Balaban J connectivity index is 2.15. The predicted molar refractivity (Wildman–Crippen MR) is 66.2 cm³/mol. The van der Waals surface area contributed by atoms with E-state index < -0.39 is 0 Å². The molecule has 0 atom stereocenters. The van der Waals surface area contributed by atoms with Crippen LogP contribution in [0, 0.1) is 0 Å². The van der Waals surface area contributed by atoms with Crippen LogP contribution in [0.2, 0.25) is 0 Å². The second kappa shape index (κ2) is 4.55. The third-order valence-corrected chi connectivity index (χ3v) is 3.36. The van der Waals surface area contributed by atoms with E-state index >= 15 is 0 Å². The van der Waals surface area contributed by atoms with E-state index in [0.29, 0.717) is 0 Å². The van der Waals surface area contributed by atoms with Gasteiger partial charge in [0.25, 0.3) is 0 Å². The van der Waals surface area contributed by atoms with Gasteiger partial charge in [-0.05, 0) is 35.7 Å². The normalized spacial score (nSPS) is 19.4. The van der Waals surface area contributed by atoms with E-state index in [9.17, 15) is 0 Å². The van der Waals surface area contributed by atoms with Crippen LogP contribution in [0.1, 0.15) is 19.8 Å². The molecular formula is C10H15BrN4O. The largest absolute Gasteiger partial charge is 0.381 e. The summed E-state index contributed by atoms with van der Waals surface area (Å²) in [5, 5.41) is 3.41. The molecule has 6 heteroatoms. The van der Waals surface area contributed by atoms with Gasteiger partial charge in [-0.15, -0.1) is 0 Å². The van der Waals surface area contributed by atoms with Crippen molar-refractivity contribution < 1.29 is 4.74 Å². The quantitative estimate of drug-likeness (QED) is 0.867. The number of hydrogen-bond acceptors (Lipinski definition) is 5. The second-order valence-electron chi connectivity index (χ2n) is 4.22. The van der Waals surface area contributed by atoms with Crippen molar-refractivity contribution in [2.45, 2.75) is 25.3 Å². The molecule has 0 saturated carbocycles. The molecule has 0 radical (unpaired) electrons. The summed E-state index contributed by atoms with van der Waals surface area (Å²) in [6.45, 7) is 3.73. The minimum Gasteiger partial charge on any atom is -0.381 e. The van der Waals surface area contributed by atoms with Crippen molar-refractivity contribution in [3.63, 3.8) is 0 Å². The first kappa shape index (κ1) is 11.6. The number of ether oxygens (including phenoxy) is 1.